The third kappa shape index (κ3) is 2.40. The van der Waals surface area contributed by atoms with Crippen LogP contribution in [-0.2, 0) is 4.79 Å². The van der Waals surface area contributed by atoms with Gasteiger partial charge in [0.25, 0.3) is 0 Å². The van der Waals surface area contributed by atoms with Crippen LogP contribution >= 0.6 is 0 Å². The summed E-state index contributed by atoms with van der Waals surface area (Å²) in [5, 5.41) is 18.4. The first-order valence-electron chi connectivity index (χ1n) is 4.75. The number of hydrogen-bond donors (Lipinski definition) is 2. The number of aromatic hydroxyl groups is 1. The molecule has 0 bridgehead atoms. The summed E-state index contributed by atoms with van der Waals surface area (Å²) in [6, 6.07) is 4.72. The Bertz CT molecular complexity index is 360. The fraction of sp³-hybridized carbons (Fsp3) is 0.364. The number of carboxylic acids is 1. The molecule has 1 aromatic rings. The van der Waals surface area contributed by atoms with Gasteiger partial charge in [-0.2, -0.15) is 0 Å². The van der Waals surface area contributed by atoms with Crippen LogP contribution in [0.25, 0.3) is 0 Å². The number of hydrogen-bond acceptors (Lipinski definition) is 3. The monoisotopic (exact) mass is 210 g/mol. The van der Waals surface area contributed by atoms with E-state index in [4.69, 9.17) is 9.84 Å². The molecule has 1 unspecified atom stereocenters. The highest BCUT2D eigenvalue weighted by atomic mass is 16.5. The summed E-state index contributed by atoms with van der Waals surface area (Å²) >= 11 is 0. The Morgan fingerprint density at radius 3 is 2.73 bits per heavy atom. The molecule has 0 aliphatic rings. The Kier molecular flexibility index (Phi) is 3.55. The average molecular weight is 210 g/mol. The van der Waals surface area contributed by atoms with E-state index < -0.39 is 11.9 Å². The third-order valence-corrected chi connectivity index (χ3v) is 2.15. The summed E-state index contributed by atoms with van der Waals surface area (Å²) in [6.45, 7) is 3.72. The van der Waals surface area contributed by atoms with Gasteiger partial charge in [-0.3, -0.25) is 4.79 Å². The van der Waals surface area contributed by atoms with Crippen molar-refractivity contribution >= 4 is 5.97 Å². The summed E-state index contributed by atoms with van der Waals surface area (Å²) in [5.74, 6) is -1.41. The molecule has 0 fully saturated rings. The fourth-order valence-electron chi connectivity index (χ4n) is 1.32. The van der Waals surface area contributed by atoms with Gasteiger partial charge in [-0.25, -0.2) is 0 Å². The molecule has 0 saturated carbocycles. The second kappa shape index (κ2) is 4.68. The molecule has 4 nitrogen and oxygen atoms in total. The van der Waals surface area contributed by atoms with Crippen LogP contribution in [0.5, 0.6) is 11.5 Å². The van der Waals surface area contributed by atoms with Crippen LogP contribution in [0.1, 0.15) is 25.3 Å². The molecule has 0 spiro atoms. The molecule has 0 saturated heterocycles. The second-order valence-corrected chi connectivity index (χ2v) is 3.19. The number of carbonyl (C=O) groups is 1. The molecule has 0 aliphatic heterocycles. The SMILES string of the molecule is CCOc1c(O)cccc1C(C)C(=O)O. The third-order valence-electron chi connectivity index (χ3n) is 2.15. The number of para-hydroxylation sites is 1. The van der Waals surface area contributed by atoms with E-state index in [2.05, 4.69) is 0 Å². The average Bonchev–Trinajstić information content (AvgIpc) is 2.20. The molecular formula is C11H14O4. The summed E-state index contributed by atoms with van der Waals surface area (Å²) in [7, 11) is 0. The highest BCUT2D eigenvalue weighted by Gasteiger charge is 2.20. The zero-order chi connectivity index (χ0) is 11.4. The van der Waals surface area contributed by atoms with Crippen molar-refractivity contribution in [3.63, 3.8) is 0 Å². The minimum atomic E-state index is -0.943. The first kappa shape index (κ1) is 11.4. The van der Waals surface area contributed by atoms with Gasteiger partial charge in [0.2, 0.25) is 0 Å². The number of phenolic OH excluding ortho intramolecular Hbond substituents is 1. The topological polar surface area (TPSA) is 66.8 Å². The molecule has 4 heteroatoms. The molecular weight excluding hydrogens is 196 g/mol. The van der Waals surface area contributed by atoms with Crippen molar-refractivity contribution < 1.29 is 19.7 Å². The minimum Gasteiger partial charge on any atom is -0.504 e. The predicted octanol–water partition coefficient (Wildman–Crippen LogP) is 1.98. The number of rotatable bonds is 4. The van der Waals surface area contributed by atoms with Crippen LogP contribution in [0.15, 0.2) is 18.2 Å². The zero-order valence-electron chi connectivity index (χ0n) is 8.73. The Balaban J connectivity index is 3.15. The minimum absolute atomic E-state index is 0.0255. The number of benzene rings is 1. The summed E-state index contributed by atoms with van der Waals surface area (Å²) < 4.78 is 5.23. The van der Waals surface area contributed by atoms with Gasteiger partial charge in [0, 0.05) is 5.56 Å². The summed E-state index contributed by atoms with van der Waals surface area (Å²) in [6.07, 6.45) is 0. The van der Waals surface area contributed by atoms with Crippen molar-refractivity contribution in [2.45, 2.75) is 19.8 Å². The lowest BCUT2D eigenvalue weighted by molar-refractivity contribution is -0.138. The highest BCUT2D eigenvalue weighted by Crippen LogP contribution is 2.34. The summed E-state index contributed by atoms with van der Waals surface area (Å²) in [4.78, 5) is 10.8. The van der Waals surface area contributed by atoms with Crippen molar-refractivity contribution in [2.24, 2.45) is 0 Å². The Morgan fingerprint density at radius 2 is 2.20 bits per heavy atom. The number of aliphatic carboxylic acids is 1. The van der Waals surface area contributed by atoms with Crippen LogP contribution in [-0.4, -0.2) is 22.8 Å². The molecule has 0 radical (unpaired) electrons. The molecule has 15 heavy (non-hydrogen) atoms. The molecule has 1 aromatic carbocycles. The van der Waals surface area contributed by atoms with Crippen molar-refractivity contribution in [1.82, 2.24) is 0 Å². The standard InChI is InChI=1S/C11H14O4/c1-3-15-10-8(7(2)11(13)14)5-4-6-9(10)12/h4-7,12H,3H2,1-2H3,(H,13,14). The van der Waals surface area contributed by atoms with E-state index in [1.165, 1.54) is 6.07 Å². The molecule has 0 aliphatic carbocycles. The van der Waals surface area contributed by atoms with Crippen LogP contribution in [0.2, 0.25) is 0 Å². The Labute approximate surface area is 88.1 Å². The van der Waals surface area contributed by atoms with Gasteiger partial charge in [0.05, 0.1) is 12.5 Å². The molecule has 0 heterocycles. The predicted molar refractivity (Wildman–Crippen MR) is 55.3 cm³/mol. The largest absolute Gasteiger partial charge is 0.504 e. The van der Waals surface area contributed by atoms with E-state index in [0.717, 1.165) is 0 Å². The van der Waals surface area contributed by atoms with Crippen molar-refractivity contribution in [1.29, 1.82) is 0 Å². The lowest BCUT2D eigenvalue weighted by atomic mass is 10.00. The lowest BCUT2D eigenvalue weighted by Gasteiger charge is -2.14. The van der Waals surface area contributed by atoms with E-state index in [0.29, 0.717) is 12.2 Å². The van der Waals surface area contributed by atoms with Crippen LogP contribution < -0.4 is 4.74 Å². The number of phenols is 1. The van der Waals surface area contributed by atoms with E-state index in [1.807, 2.05) is 0 Å². The van der Waals surface area contributed by atoms with Crippen LogP contribution in [0.3, 0.4) is 0 Å². The lowest BCUT2D eigenvalue weighted by Crippen LogP contribution is -2.09. The molecule has 82 valence electrons. The molecule has 0 amide bonds. The summed E-state index contributed by atoms with van der Waals surface area (Å²) in [5.41, 5.74) is 0.490. The zero-order valence-corrected chi connectivity index (χ0v) is 8.73. The molecule has 1 rings (SSSR count). The maximum atomic E-state index is 10.8. The van der Waals surface area contributed by atoms with Gasteiger partial charge in [-0.05, 0) is 19.9 Å². The van der Waals surface area contributed by atoms with Gasteiger partial charge < -0.3 is 14.9 Å². The van der Waals surface area contributed by atoms with Gasteiger partial charge in [0.15, 0.2) is 11.5 Å². The Morgan fingerprint density at radius 1 is 1.53 bits per heavy atom. The van der Waals surface area contributed by atoms with Crippen LogP contribution in [0, 0.1) is 0 Å². The van der Waals surface area contributed by atoms with Gasteiger partial charge in [-0.15, -0.1) is 0 Å². The fourth-order valence-corrected chi connectivity index (χ4v) is 1.32. The maximum absolute atomic E-state index is 10.8. The van der Waals surface area contributed by atoms with Crippen LogP contribution in [0.4, 0.5) is 0 Å². The van der Waals surface area contributed by atoms with Crippen molar-refractivity contribution in [2.75, 3.05) is 6.61 Å². The van der Waals surface area contributed by atoms with Gasteiger partial charge >= 0.3 is 5.97 Å². The van der Waals surface area contributed by atoms with E-state index >= 15 is 0 Å². The van der Waals surface area contributed by atoms with E-state index in [-0.39, 0.29) is 11.5 Å². The smallest absolute Gasteiger partial charge is 0.310 e. The van der Waals surface area contributed by atoms with Crippen molar-refractivity contribution in [3.8, 4) is 11.5 Å². The molecule has 2 N–H and O–H groups in total. The quantitative estimate of drug-likeness (QED) is 0.797. The molecule has 0 aromatic heterocycles. The first-order chi connectivity index (χ1) is 7.07. The second-order valence-electron chi connectivity index (χ2n) is 3.19. The Hall–Kier alpha value is -1.71. The highest BCUT2D eigenvalue weighted by molar-refractivity contribution is 5.77. The van der Waals surface area contributed by atoms with Gasteiger partial charge in [0.1, 0.15) is 0 Å². The first-order valence-corrected chi connectivity index (χ1v) is 4.75. The van der Waals surface area contributed by atoms with E-state index in [9.17, 15) is 9.90 Å². The maximum Gasteiger partial charge on any atom is 0.310 e. The number of carboxylic acid groups (broad SMARTS) is 1. The normalized spacial score (nSPS) is 12.1. The molecule has 1 atom stereocenters. The van der Waals surface area contributed by atoms with Gasteiger partial charge in [-0.1, -0.05) is 12.1 Å². The van der Waals surface area contributed by atoms with E-state index in [1.54, 1.807) is 26.0 Å². The number of ether oxygens (including phenoxy) is 1. The van der Waals surface area contributed by atoms with Crippen molar-refractivity contribution in [3.05, 3.63) is 23.8 Å².